The quantitative estimate of drug-likeness (QED) is 0.260. The van der Waals surface area contributed by atoms with E-state index in [1.807, 2.05) is 6.92 Å². The lowest BCUT2D eigenvalue weighted by Crippen LogP contribution is -2.34. The van der Waals surface area contributed by atoms with Gasteiger partial charge in [0.15, 0.2) is 0 Å². The fraction of sp³-hybridized carbons (Fsp3) is 0.150. The molecule has 1 atom stereocenters. The highest BCUT2D eigenvalue weighted by atomic mass is 16.6. The number of ketones is 1. The van der Waals surface area contributed by atoms with Crippen LogP contribution in [-0.2, 0) is 14.4 Å². The van der Waals surface area contributed by atoms with Gasteiger partial charge in [-0.2, -0.15) is 0 Å². The highest BCUT2D eigenvalue weighted by molar-refractivity contribution is 6.46. The van der Waals surface area contributed by atoms with Crippen molar-refractivity contribution in [2.75, 3.05) is 6.54 Å². The van der Waals surface area contributed by atoms with Crippen LogP contribution in [0, 0.1) is 17.0 Å². The molecular weight excluding hydrogens is 380 g/mol. The van der Waals surface area contributed by atoms with Gasteiger partial charge >= 0.3 is 5.97 Å². The fourth-order valence-corrected chi connectivity index (χ4v) is 3.21. The van der Waals surface area contributed by atoms with Crippen molar-refractivity contribution in [1.82, 2.24) is 4.90 Å². The van der Waals surface area contributed by atoms with Gasteiger partial charge < -0.3 is 15.1 Å². The highest BCUT2D eigenvalue weighted by Gasteiger charge is 2.47. The van der Waals surface area contributed by atoms with E-state index in [0.29, 0.717) is 0 Å². The van der Waals surface area contributed by atoms with E-state index in [2.05, 4.69) is 0 Å². The molecule has 3 rings (SSSR count). The van der Waals surface area contributed by atoms with Gasteiger partial charge in [-0.3, -0.25) is 24.5 Å². The Balaban J connectivity index is 2.22. The summed E-state index contributed by atoms with van der Waals surface area (Å²) in [6.45, 7) is 1.03. The van der Waals surface area contributed by atoms with Gasteiger partial charge in [0.1, 0.15) is 12.3 Å². The predicted octanol–water partition coefficient (Wildman–Crippen LogP) is 2.41. The Morgan fingerprint density at radius 1 is 1.14 bits per heavy atom. The number of Topliss-reactive ketones (excluding diaryl/α,β-unsaturated/α-hetero) is 1. The van der Waals surface area contributed by atoms with E-state index in [1.54, 1.807) is 24.3 Å². The second kappa shape index (κ2) is 7.55. The van der Waals surface area contributed by atoms with Crippen molar-refractivity contribution in [3.05, 3.63) is 80.9 Å². The summed E-state index contributed by atoms with van der Waals surface area (Å²) in [6.07, 6.45) is 0. The molecule has 9 nitrogen and oxygen atoms in total. The van der Waals surface area contributed by atoms with E-state index in [1.165, 1.54) is 18.2 Å². The zero-order chi connectivity index (χ0) is 21.3. The van der Waals surface area contributed by atoms with Gasteiger partial charge in [-0.25, -0.2) is 0 Å². The number of carboxylic acids is 1. The van der Waals surface area contributed by atoms with E-state index < -0.39 is 40.9 Å². The highest BCUT2D eigenvalue weighted by Crippen LogP contribution is 2.40. The van der Waals surface area contributed by atoms with Gasteiger partial charge in [0.2, 0.25) is 0 Å². The third-order valence-electron chi connectivity index (χ3n) is 4.57. The number of hydrogen-bond acceptors (Lipinski definition) is 6. The van der Waals surface area contributed by atoms with Crippen molar-refractivity contribution in [2.24, 2.45) is 0 Å². The minimum atomic E-state index is -1.36. The normalized spacial score (nSPS) is 18.1. The van der Waals surface area contributed by atoms with Crippen molar-refractivity contribution in [1.29, 1.82) is 0 Å². The maximum absolute atomic E-state index is 12.6. The summed E-state index contributed by atoms with van der Waals surface area (Å²) in [5, 5.41) is 31.1. The Morgan fingerprint density at radius 3 is 2.38 bits per heavy atom. The van der Waals surface area contributed by atoms with Crippen LogP contribution in [0.4, 0.5) is 5.69 Å². The minimum absolute atomic E-state index is 0.147. The van der Waals surface area contributed by atoms with Gasteiger partial charge in [0, 0.05) is 17.7 Å². The molecule has 2 N–H and O–H groups in total. The lowest BCUT2D eigenvalue weighted by Gasteiger charge is -2.23. The van der Waals surface area contributed by atoms with Crippen molar-refractivity contribution >= 4 is 29.1 Å². The number of aryl methyl sites for hydroxylation is 1. The van der Waals surface area contributed by atoms with Crippen LogP contribution in [-0.4, -0.2) is 44.2 Å². The maximum Gasteiger partial charge on any atom is 0.323 e. The standard InChI is InChI=1S/C20H16N2O7/c1-11-5-7-12(8-6-11)18(25)16-17(13-3-2-4-14(9-13)22(28)29)21(10-15(23)24)20(27)19(16)26/h2-9,17,25H,10H2,1H3,(H,23,24)/b18-16+. The number of carbonyl (C=O) groups excluding carboxylic acids is 2. The molecule has 0 aliphatic carbocycles. The molecule has 0 bridgehead atoms. The number of benzene rings is 2. The molecule has 1 unspecified atom stereocenters. The number of likely N-dealkylation sites (tertiary alicyclic amines) is 1. The van der Waals surface area contributed by atoms with Crippen molar-refractivity contribution in [3.8, 4) is 0 Å². The largest absolute Gasteiger partial charge is 0.507 e. The number of nitrogens with zero attached hydrogens (tertiary/aromatic N) is 2. The summed E-state index contributed by atoms with van der Waals surface area (Å²) in [4.78, 5) is 47.6. The molecule has 0 radical (unpaired) electrons. The summed E-state index contributed by atoms with van der Waals surface area (Å²) in [6, 6.07) is 10.4. The molecule has 1 amide bonds. The zero-order valence-corrected chi connectivity index (χ0v) is 15.2. The number of aliphatic hydroxyl groups excluding tert-OH is 1. The number of aliphatic hydroxyl groups is 1. The lowest BCUT2D eigenvalue weighted by atomic mass is 9.95. The first-order valence-electron chi connectivity index (χ1n) is 8.52. The van der Waals surface area contributed by atoms with Crippen molar-refractivity contribution in [3.63, 3.8) is 0 Å². The average Bonchev–Trinajstić information content (AvgIpc) is 2.92. The number of nitro groups is 1. The van der Waals surface area contributed by atoms with Gasteiger partial charge in [0.05, 0.1) is 16.5 Å². The monoisotopic (exact) mass is 396 g/mol. The summed E-state index contributed by atoms with van der Waals surface area (Å²) in [7, 11) is 0. The van der Waals surface area contributed by atoms with Crippen molar-refractivity contribution < 1.29 is 29.5 Å². The molecule has 1 aliphatic heterocycles. The Labute approximate surface area is 164 Å². The Morgan fingerprint density at radius 2 is 1.79 bits per heavy atom. The van der Waals surface area contributed by atoms with Crippen LogP contribution < -0.4 is 0 Å². The number of amides is 1. The fourth-order valence-electron chi connectivity index (χ4n) is 3.21. The summed E-state index contributed by atoms with van der Waals surface area (Å²) in [5.41, 5.74) is 0.704. The number of non-ortho nitro benzene ring substituents is 1. The SMILES string of the molecule is Cc1ccc(/C(O)=C2\C(=O)C(=O)N(CC(=O)O)C2c2cccc([N+](=O)[O-])c2)cc1. The molecule has 9 heteroatoms. The topological polar surface area (TPSA) is 138 Å². The molecule has 29 heavy (non-hydrogen) atoms. The number of aliphatic carboxylic acids is 1. The molecule has 1 aliphatic rings. The zero-order valence-electron chi connectivity index (χ0n) is 15.2. The number of nitro benzene ring substituents is 1. The van der Waals surface area contributed by atoms with Crippen LogP contribution in [0.15, 0.2) is 54.1 Å². The predicted molar refractivity (Wildman–Crippen MR) is 101 cm³/mol. The van der Waals surface area contributed by atoms with E-state index in [-0.39, 0.29) is 22.4 Å². The molecule has 0 saturated carbocycles. The van der Waals surface area contributed by atoms with Crippen LogP contribution in [0.2, 0.25) is 0 Å². The van der Waals surface area contributed by atoms with Crippen molar-refractivity contribution in [2.45, 2.75) is 13.0 Å². The van der Waals surface area contributed by atoms with Crippen LogP contribution in [0.5, 0.6) is 0 Å². The van der Waals surface area contributed by atoms with Gasteiger partial charge in [-0.15, -0.1) is 0 Å². The first-order valence-corrected chi connectivity index (χ1v) is 8.52. The smallest absolute Gasteiger partial charge is 0.323 e. The second-order valence-corrected chi connectivity index (χ2v) is 6.54. The lowest BCUT2D eigenvalue weighted by molar-refractivity contribution is -0.384. The number of carbonyl (C=O) groups is 3. The third kappa shape index (κ3) is 3.70. The molecular formula is C20H16N2O7. The van der Waals surface area contributed by atoms with Crippen LogP contribution in [0.1, 0.15) is 22.7 Å². The Kier molecular flexibility index (Phi) is 5.14. The minimum Gasteiger partial charge on any atom is -0.507 e. The van der Waals surface area contributed by atoms with Gasteiger partial charge in [0.25, 0.3) is 17.4 Å². The summed E-state index contributed by atoms with van der Waals surface area (Å²) in [5.74, 6) is -4.00. The molecule has 0 spiro atoms. The first-order chi connectivity index (χ1) is 13.7. The van der Waals surface area contributed by atoms with E-state index in [0.717, 1.165) is 16.5 Å². The molecule has 2 aromatic rings. The molecule has 0 aromatic heterocycles. The van der Waals surface area contributed by atoms with Crippen LogP contribution in [0.3, 0.4) is 0 Å². The Hall–Kier alpha value is -4.01. The second-order valence-electron chi connectivity index (χ2n) is 6.54. The maximum atomic E-state index is 12.6. The van der Waals surface area contributed by atoms with E-state index >= 15 is 0 Å². The van der Waals surface area contributed by atoms with Gasteiger partial charge in [-0.1, -0.05) is 42.0 Å². The molecule has 1 saturated heterocycles. The Bertz CT molecular complexity index is 1060. The summed E-state index contributed by atoms with van der Waals surface area (Å²) >= 11 is 0. The van der Waals surface area contributed by atoms with E-state index in [9.17, 15) is 29.6 Å². The van der Waals surface area contributed by atoms with Gasteiger partial charge in [-0.05, 0) is 12.5 Å². The average molecular weight is 396 g/mol. The molecule has 148 valence electrons. The van der Waals surface area contributed by atoms with Crippen LogP contribution >= 0.6 is 0 Å². The third-order valence-corrected chi connectivity index (χ3v) is 4.57. The number of rotatable bonds is 5. The van der Waals surface area contributed by atoms with E-state index in [4.69, 9.17) is 5.11 Å². The number of hydrogen-bond donors (Lipinski definition) is 2. The molecule has 1 heterocycles. The first kappa shape index (κ1) is 19.7. The molecule has 1 fully saturated rings. The van der Waals surface area contributed by atoms with Crippen LogP contribution in [0.25, 0.3) is 5.76 Å². The number of carboxylic acid groups (broad SMARTS) is 1. The molecule has 2 aromatic carbocycles. The summed E-state index contributed by atoms with van der Waals surface area (Å²) < 4.78 is 0.